The Morgan fingerprint density at radius 3 is 2.68 bits per heavy atom. The molecule has 98 valence electrons. The van der Waals surface area contributed by atoms with Crippen LogP contribution < -0.4 is 10.5 Å². The van der Waals surface area contributed by atoms with Crippen molar-refractivity contribution in [1.82, 2.24) is 4.98 Å². The predicted molar refractivity (Wildman–Crippen MR) is 81.1 cm³/mol. The van der Waals surface area contributed by atoms with Crippen LogP contribution in [0.5, 0.6) is 11.6 Å². The maximum absolute atomic E-state index is 5.97. The molecule has 5 heteroatoms. The van der Waals surface area contributed by atoms with Crippen LogP contribution in [0.4, 0.5) is 0 Å². The van der Waals surface area contributed by atoms with E-state index in [9.17, 15) is 0 Å². The van der Waals surface area contributed by atoms with Crippen molar-refractivity contribution in [3.8, 4) is 11.6 Å². The Hall–Kier alpha value is -1.65. The molecule has 0 atom stereocenters. The van der Waals surface area contributed by atoms with Crippen LogP contribution in [0.15, 0.2) is 30.3 Å². The second kappa shape index (κ2) is 5.55. The van der Waals surface area contributed by atoms with Crippen molar-refractivity contribution in [3.05, 3.63) is 52.2 Å². The minimum absolute atomic E-state index is 0.252. The van der Waals surface area contributed by atoms with Crippen LogP contribution in [0, 0.1) is 13.8 Å². The van der Waals surface area contributed by atoms with Crippen LogP contribution >= 0.6 is 23.8 Å². The summed E-state index contributed by atoms with van der Waals surface area (Å²) in [5.41, 5.74) is 8.07. The zero-order valence-corrected chi connectivity index (χ0v) is 12.2. The number of nitrogens with zero attached hydrogens (tertiary/aromatic N) is 1. The molecule has 2 N–H and O–H groups in total. The van der Waals surface area contributed by atoms with E-state index in [0.717, 1.165) is 11.3 Å². The van der Waals surface area contributed by atoms with Crippen LogP contribution in [-0.2, 0) is 0 Å². The molecule has 2 aromatic rings. The van der Waals surface area contributed by atoms with Crippen LogP contribution in [0.3, 0.4) is 0 Å². The molecular formula is C14H13ClN2OS. The van der Waals surface area contributed by atoms with Gasteiger partial charge in [-0.2, -0.15) is 0 Å². The van der Waals surface area contributed by atoms with Gasteiger partial charge in [-0.3, -0.25) is 0 Å². The number of aryl methyl sites for hydroxylation is 2. The summed E-state index contributed by atoms with van der Waals surface area (Å²) in [6.45, 7) is 3.81. The van der Waals surface area contributed by atoms with Gasteiger partial charge in [0.2, 0.25) is 5.88 Å². The number of halogens is 1. The summed E-state index contributed by atoms with van der Waals surface area (Å²) >= 11 is 11.0. The largest absolute Gasteiger partial charge is 0.438 e. The highest BCUT2D eigenvalue weighted by Gasteiger charge is 2.11. The standard InChI is InChI=1S/C14H13ClN2OS/c1-8-3-5-10(15)7-12(8)18-14-11(13(16)19)6-4-9(2)17-14/h3-7H,1-2H3,(H2,16,19). The Morgan fingerprint density at radius 2 is 2.00 bits per heavy atom. The Bertz CT molecular complexity index is 643. The molecule has 0 radical (unpaired) electrons. The monoisotopic (exact) mass is 292 g/mol. The summed E-state index contributed by atoms with van der Waals surface area (Å²) in [4.78, 5) is 4.58. The number of pyridine rings is 1. The molecule has 0 fully saturated rings. The lowest BCUT2D eigenvalue weighted by Crippen LogP contribution is -2.12. The van der Waals surface area contributed by atoms with Gasteiger partial charge in [-0.25, -0.2) is 4.98 Å². The first-order valence-corrected chi connectivity index (χ1v) is 6.47. The highest BCUT2D eigenvalue weighted by atomic mass is 35.5. The van der Waals surface area contributed by atoms with Crippen molar-refractivity contribution in [2.45, 2.75) is 13.8 Å². The second-order valence-corrected chi connectivity index (χ2v) is 5.06. The highest BCUT2D eigenvalue weighted by Crippen LogP contribution is 2.29. The van der Waals surface area contributed by atoms with Crippen LogP contribution in [0.2, 0.25) is 5.02 Å². The molecule has 0 amide bonds. The third-order valence-corrected chi connectivity index (χ3v) is 3.08. The summed E-state index contributed by atoms with van der Waals surface area (Å²) in [7, 11) is 0. The Kier molecular flexibility index (Phi) is 4.02. The fourth-order valence-corrected chi connectivity index (χ4v) is 1.90. The van der Waals surface area contributed by atoms with Gasteiger partial charge in [0.1, 0.15) is 10.7 Å². The molecular weight excluding hydrogens is 280 g/mol. The van der Waals surface area contributed by atoms with Crippen molar-refractivity contribution in [2.24, 2.45) is 5.73 Å². The molecule has 0 spiro atoms. The molecule has 2 rings (SSSR count). The zero-order valence-electron chi connectivity index (χ0n) is 10.6. The lowest BCUT2D eigenvalue weighted by atomic mass is 10.2. The first-order valence-electron chi connectivity index (χ1n) is 5.69. The van der Waals surface area contributed by atoms with E-state index in [4.69, 9.17) is 34.3 Å². The van der Waals surface area contributed by atoms with E-state index in [0.29, 0.717) is 22.2 Å². The van der Waals surface area contributed by atoms with E-state index in [1.807, 2.05) is 32.0 Å². The minimum Gasteiger partial charge on any atom is -0.438 e. The lowest BCUT2D eigenvalue weighted by Gasteiger charge is -2.12. The Balaban J connectivity index is 2.45. The van der Waals surface area contributed by atoms with E-state index >= 15 is 0 Å². The van der Waals surface area contributed by atoms with Crippen molar-refractivity contribution >= 4 is 28.8 Å². The summed E-state index contributed by atoms with van der Waals surface area (Å²) in [5.74, 6) is 1.04. The predicted octanol–water partition coefficient (Wildman–Crippen LogP) is 3.78. The van der Waals surface area contributed by atoms with Gasteiger partial charge in [-0.1, -0.05) is 29.9 Å². The number of rotatable bonds is 3. The molecule has 1 heterocycles. The Labute approximate surface area is 122 Å². The van der Waals surface area contributed by atoms with E-state index in [1.54, 1.807) is 12.1 Å². The van der Waals surface area contributed by atoms with Gasteiger partial charge in [0.05, 0.1) is 5.56 Å². The summed E-state index contributed by atoms with van der Waals surface area (Å²) in [5, 5.41) is 0.602. The smallest absolute Gasteiger partial charge is 0.229 e. The molecule has 0 aliphatic heterocycles. The number of aromatic nitrogens is 1. The highest BCUT2D eigenvalue weighted by molar-refractivity contribution is 7.80. The normalized spacial score (nSPS) is 10.3. The Morgan fingerprint density at radius 1 is 1.26 bits per heavy atom. The van der Waals surface area contributed by atoms with Crippen molar-refractivity contribution < 1.29 is 4.74 Å². The van der Waals surface area contributed by atoms with Crippen LogP contribution in [0.1, 0.15) is 16.8 Å². The second-order valence-electron chi connectivity index (χ2n) is 4.18. The fourth-order valence-electron chi connectivity index (χ4n) is 1.59. The van der Waals surface area contributed by atoms with Crippen LogP contribution in [-0.4, -0.2) is 9.97 Å². The third-order valence-electron chi connectivity index (χ3n) is 2.62. The number of ether oxygens (including phenoxy) is 1. The maximum atomic E-state index is 5.97. The van der Waals surface area contributed by atoms with E-state index < -0.39 is 0 Å². The number of hydrogen-bond acceptors (Lipinski definition) is 3. The fraction of sp³-hybridized carbons (Fsp3) is 0.143. The SMILES string of the molecule is Cc1ccc(C(N)=S)c(Oc2cc(Cl)ccc2C)n1. The first kappa shape index (κ1) is 13.8. The van der Waals surface area contributed by atoms with Crippen molar-refractivity contribution in [3.63, 3.8) is 0 Å². The average molecular weight is 293 g/mol. The molecule has 1 aromatic heterocycles. The zero-order chi connectivity index (χ0) is 14.0. The quantitative estimate of drug-likeness (QED) is 0.875. The van der Waals surface area contributed by atoms with Crippen molar-refractivity contribution in [1.29, 1.82) is 0 Å². The van der Waals surface area contributed by atoms with Gasteiger partial charge in [-0.05, 0) is 43.7 Å². The topological polar surface area (TPSA) is 48.1 Å². The molecule has 19 heavy (non-hydrogen) atoms. The molecule has 3 nitrogen and oxygen atoms in total. The average Bonchev–Trinajstić information content (AvgIpc) is 2.33. The molecule has 0 aliphatic rings. The third kappa shape index (κ3) is 3.22. The molecule has 0 aliphatic carbocycles. The minimum atomic E-state index is 0.252. The van der Waals surface area contributed by atoms with Gasteiger partial charge in [0.15, 0.2) is 0 Å². The van der Waals surface area contributed by atoms with Gasteiger partial charge >= 0.3 is 0 Å². The number of nitrogens with two attached hydrogens (primary N) is 1. The molecule has 0 saturated carbocycles. The molecule has 1 aromatic carbocycles. The van der Waals surface area contributed by atoms with Crippen molar-refractivity contribution in [2.75, 3.05) is 0 Å². The molecule has 0 bridgehead atoms. The number of thiocarbonyl (C=S) groups is 1. The summed E-state index contributed by atoms with van der Waals surface area (Å²) in [6, 6.07) is 9.08. The maximum Gasteiger partial charge on any atom is 0.229 e. The van der Waals surface area contributed by atoms with Gasteiger partial charge in [-0.15, -0.1) is 0 Å². The van der Waals surface area contributed by atoms with Gasteiger partial charge < -0.3 is 10.5 Å². The summed E-state index contributed by atoms with van der Waals surface area (Å²) < 4.78 is 5.80. The molecule has 0 saturated heterocycles. The molecule has 0 unspecified atom stereocenters. The van der Waals surface area contributed by atoms with Crippen LogP contribution in [0.25, 0.3) is 0 Å². The first-order chi connectivity index (χ1) is 8.97. The number of hydrogen-bond donors (Lipinski definition) is 1. The van der Waals surface area contributed by atoms with E-state index in [2.05, 4.69) is 4.98 Å². The summed E-state index contributed by atoms with van der Waals surface area (Å²) in [6.07, 6.45) is 0. The van der Waals surface area contributed by atoms with Gasteiger partial charge in [0.25, 0.3) is 0 Å². The van der Waals surface area contributed by atoms with E-state index in [1.165, 1.54) is 0 Å². The van der Waals surface area contributed by atoms with E-state index in [-0.39, 0.29) is 4.99 Å². The van der Waals surface area contributed by atoms with Gasteiger partial charge in [0, 0.05) is 10.7 Å². The lowest BCUT2D eigenvalue weighted by molar-refractivity contribution is 0.457. The number of benzene rings is 1.